The van der Waals surface area contributed by atoms with Gasteiger partial charge < -0.3 is 14.8 Å². The molecule has 0 saturated carbocycles. The summed E-state index contributed by atoms with van der Waals surface area (Å²) in [5.41, 5.74) is 3.44. The number of carbonyl (C=O) groups excluding carboxylic acids is 2. The summed E-state index contributed by atoms with van der Waals surface area (Å²) in [7, 11) is 0. The minimum Gasteiger partial charge on any atom is -0.425 e. The molecular formula is C20H24N2O5. The van der Waals surface area contributed by atoms with Crippen molar-refractivity contribution in [2.45, 2.75) is 45.3 Å². The Balaban J connectivity index is 2.09. The standard InChI is InChI=1S/C20H24N2O5/c1-3-5-8-11-20(25)17(15-12-13-9-6-7-10-14(13)21-15)16(19(24)27-20)18(23)22-26-4-2/h6-7,9-10,12,21,25H,3-5,8,11H2,1-2H3,(H,22,23). The molecule has 1 aliphatic heterocycles. The first-order valence-corrected chi connectivity index (χ1v) is 9.21. The van der Waals surface area contributed by atoms with Crippen molar-refractivity contribution in [2.75, 3.05) is 6.61 Å². The molecule has 2 heterocycles. The summed E-state index contributed by atoms with van der Waals surface area (Å²) < 4.78 is 5.28. The first-order valence-electron chi connectivity index (χ1n) is 9.21. The number of benzene rings is 1. The van der Waals surface area contributed by atoms with E-state index in [0.717, 1.165) is 23.7 Å². The van der Waals surface area contributed by atoms with E-state index in [1.807, 2.05) is 31.2 Å². The van der Waals surface area contributed by atoms with Crippen LogP contribution >= 0.6 is 0 Å². The normalized spacial score (nSPS) is 19.6. The maximum Gasteiger partial charge on any atom is 0.347 e. The van der Waals surface area contributed by atoms with Crippen molar-refractivity contribution in [1.29, 1.82) is 0 Å². The highest BCUT2D eigenvalue weighted by atomic mass is 16.7. The number of aliphatic hydroxyl groups is 1. The molecule has 3 N–H and O–H groups in total. The number of cyclic esters (lactones) is 1. The number of carbonyl (C=O) groups is 2. The number of para-hydroxylation sites is 1. The van der Waals surface area contributed by atoms with Crippen LogP contribution in [0, 0.1) is 0 Å². The predicted molar refractivity (Wildman–Crippen MR) is 100 cm³/mol. The van der Waals surface area contributed by atoms with E-state index in [1.165, 1.54) is 0 Å². The highest BCUT2D eigenvalue weighted by molar-refractivity contribution is 6.24. The number of aromatic amines is 1. The second-order valence-electron chi connectivity index (χ2n) is 6.52. The molecule has 0 bridgehead atoms. The van der Waals surface area contributed by atoms with Gasteiger partial charge in [0.25, 0.3) is 5.91 Å². The lowest BCUT2D eigenvalue weighted by molar-refractivity contribution is -0.178. The smallest absolute Gasteiger partial charge is 0.347 e. The van der Waals surface area contributed by atoms with Gasteiger partial charge in [-0.25, -0.2) is 10.3 Å². The summed E-state index contributed by atoms with van der Waals surface area (Å²) in [5.74, 6) is -3.45. The molecule has 144 valence electrons. The molecule has 7 nitrogen and oxygen atoms in total. The van der Waals surface area contributed by atoms with Gasteiger partial charge in [-0.3, -0.25) is 9.63 Å². The number of rotatable bonds is 8. The summed E-state index contributed by atoms with van der Waals surface area (Å²) >= 11 is 0. The van der Waals surface area contributed by atoms with Gasteiger partial charge in [-0.2, -0.15) is 0 Å². The van der Waals surface area contributed by atoms with Gasteiger partial charge in [0.1, 0.15) is 5.57 Å². The first kappa shape index (κ1) is 19.1. The Morgan fingerprint density at radius 1 is 1.30 bits per heavy atom. The number of nitrogens with one attached hydrogen (secondary N) is 2. The van der Waals surface area contributed by atoms with Gasteiger partial charge >= 0.3 is 5.97 Å². The Hall–Kier alpha value is -2.64. The van der Waals surface area contributed by atoms with E-state index >= 15 is 0 Å². The molecule has 1 aliphatic rings. The van der Waals surface area contributed by atoms with E-state index in [1.54, 1.807) is 13.0 Å². The largest absolute Gasteiger partial charge is 0.425 e. The van der Waals surface area contributed by atoms with Crippen LogP contribution in [-0.4, -0.2) is 34.4 Å². The Labute approximate surface area is 157 Å². The molecule has 1 unspecified atom stereocenters. The second kappa shape index (κ2) is 7.94. The van der Waals surface area contributed by atoms with Gasteiger partial charge in [-0.1, -0.05) is 38.0 Å². The maximum atomic E-state index is 12.5. The third-order valence-electron chi connectivity index (χ3n) is 4.56. The Bertz CT molecular complexity index is 852. The van der Waals surface area contributed by atoms with Crippen LogP contribution in [0.2, 0.25) is 0 Å². The van der Waals surface area contributed by atoms with Crippen LogP contribution in [-0.2, 0) is 19.2 Å². The Morgan fingerprint density at radius 2 is 2.07 bits per heavy atom. The second-order valence-corrected chi connectivity index (χ2v) is 6.52. The van der Waals surface area contributed by atoms with Crippen molar-refractivity contribution in [3.05, 3.63) is 41.6 Å². The lowest BCUT2D eigenvalue weighted by atomic mass is 9.94. The van der Waals surface area contributed by atoms with E-state index < -0.39 is 17.7 Å². The van der Waals surface area contributed by atoms with Gasteiger partial charge in [-0.15, -0.1) is 0 Å². The molecule has 2 aromatic rings. The molecule has 7 heteroatoms. The number of hydrogen-bond donors (Lipinski definition) is 3. The van der Waals surface area contributed by atoms with Gasteiger partial charge in [0.05, 0.1) is 17.9 Å². The number of unbranched alkanes of at least 4 members (excludes halogenated alkanes) is 2. The van der Waals surface area contributed by atoms with Crippen molar-refractivity contribution in [3.8, 4) is 0 Å². The first-order chi connectivity index (χ1) is 13.0. The van der Waals surface area contributed by atoms with Gasteiger partial charge in [0.15, 0.2) is 0 Å². The number of hydrogen-bond acceptors (Lipinski definition) is 5. The average Bonchev–Trinajstić information content (AvgIpc) is 3.17. The SMILES string of the molecule is CCCCCC1(O)OC(=O)C(C(=O)NOCC)=C1c1cc2ccccc2[nH]1. The lowest BCUT2D eigenvalue weighted by Crippen LogP contribution is -2.31. The monoisotopic (exact) mass is 372 g/mol. The Kier molecular flexibility index (Phi) is 5.62. The zero-order valence-electron chi connectivity index (χ0n) is 15.5. The summed E-state index contributed by atoms with van der Waals surface area (Å²) in [4.78, 5) is 33.1. The molecule has 1 atom stereocenters. The molecule has 0 spiro atoms. The number of hydroxylamine groups is 1. The summed E-state index contributed by atoms with van der Waals surface area (Å²) in [6.45, 7) is 4.00. The van der Waals surface area contributed by atoms with Crippen LogP contribution in [0.15, 0.2) is 35.9 Å². The number of fused-ring (bicyclic) bond motifs is 1. The fourth-order valence-electron chi connectivity index (χ4n) is 3.29. The van der Waals surface area contributed by atoms with Gasteiger partial charge in [0.2, 0.25) is 5.79 Å². The Morgan fingerprint density at radius 3 is 2.78 bits per heavy atom. The van der Waals surface area contributed by atoms with Crippen molar-refractivity contribution in [2.24, 2.45) is 0 Å². The van der Waals surface area contributed by atoms with Crippen LogP contribution in [0.3, 0.4) is 0 Å². The van der Waals surface area contributed by atoms with E-state index in [0.29, 0.717) is 12.1 Å². The molecule has 0 aliphatic carbocycles. The minimum atomic E-state index is -1.86. The van der Waals surface area contributed by atoms with Gasteiger partial charge in [-0.05, 0) is 30.9 Å². The molecule has 1 aromatic carbocycles. The molecule has 0 fully saturated rings. The molecule has 1 aromatic heterocycles. The zero-order valence-corrected chi connectivity index (χ0v) is 15.5. The molecule has 27 heavy (non-hydrogen) atoms. The van der Waals surface area contributed by atoms with Crippen molar-refractivity contribution >= 4 is 28.4 Å². The highest BCUT2D eigenvalue weighted by Crippen LogP contribution is 2.42. The zero-order chi connectivity index (χ0) is 19.4. The number of aromatic nitrogens is 1. The molecular weight excluding hydrogens is 348 g/mol. The number of amides is 1. The van der Waals surface area contributed by atoms with E-state index in [-0.39, 0.29) is 24.2 Å². The van der Waals surface area contributed by atoms with E-state index in [4.69, 9.17) is 9.57 Å². The quantitative estimate of drug-likeness (QED) is 0.286. The van der Waals surface area contributed by atoms with Crippen LogP contribution in [0.1, 0.15) is 45.2 Å². The van der Waals surface area contributed by atoms with Crippen molar-refractivity contribution in [3.63, 3.8) is 0 Å². The third-order valence-corrected chi connectivity index (χ3v) is 4.56. The van der Waals surface area contributed by atoms with Crippen LogP contribution in [0.4, 0.5) is 0 Å². The van der Waals surface area contributed by atoms with Crippen LogP contribution in [0.5, 0.6) is 0 Å². The average molecular weight is 372 g/mol. The molecule has 0 saturated heterocycles. The minimum absolute atomic E-state index is 0.150. The lowest BCUT2D eigenvalue weighted by Gasteiger charge is -2.24. The van der Waals surface area contributed by atoms with Crippen LogP contribution in [0.25, 0.3) is 16.5 Å². The topological polar surface area (TPSA) is 101 Å². The van der Waals surface area contributed by atoms with Crippen molar-refractivity contribution in [1.82, 2.24) is 10.5 Å². The highest BCUT2D eigenvalue weighted by Gasteiger charge is 2.49. The molecule has 0 radical (unpaired) electrons. The summed E-state index contributed by atoms with van der Waals surface area (Å²) in [6.07, 6.45) is 2.69. The van der Waals surface area contributed by atoms with E-state index in [2.05, 4.69) is 10.5 Å². The molecule has 1 amide bonds. The summed E-state index contributed by atoms with van der Waals surface area (Å²) in [6, 6.07) is 9.35. The van der Waals surface area contributed by atoms with Crippen LogP contribution < -0.4 is 5.48 Å². The number of esters is 1. The van der Waals surface area contributed by atoms with E-state index in [9.17, 15) is 14.7 Å². The summed E-state index contributed by atoms with van der Waals surface area (Å²) in [5, 5.41) is 12.0. The third kappa shape index (κ3) is 3.74. The maximum absolute atomic E-state index is 12.5. The number of H-pyrrole nitrogens is 1. The molecule has 3 rings (SSSR count). The fourth-order valence-corrected chi connectivity index (χ4v) is 3.29. The fraction of sp³-hybridized carbons (Fsp3) is 0.400. The van der Waals surface area contributed by atoms with Gasteiger partial charge in [0, 0.05) is 11.9 Å². The van der Waals surface area contributed by atoms with Crippen molar-refractivity contribution < 1.29 is 24.3 Å². The predicted octanol–water partition coefficient (Wildman–Crippen LogP) is 2.81. The number of ether oxygens (including phenoxy) is 1.